The van der Waals surface area contributed by atoms with E-state index in [0.717, 1.165) is 11.7 Å². The first-order valence-corrected chi connectivity index (χ1v) is 5.31. The Morgan fingerprint density at radius 1 is 1.29 bits per heavy atom. The number of aryl methyl sites for hydroxylation is 1. The monoisotopic (exact) mass is 192 g/mol. The van der Waals surface area contributed by atoms with Crippen molar-refractivity contribution in [2.45, 2.75) is 38.5 Å². The number of aromatic nitrogens is 4. The molecule has 0 saturated heterocycles. The van der Waals surface area contributed by atoms with Crippen molar-refractivity contribution in [1.82, 2.24) is 20.2 Å². The first-order chi connectivity index (χ1) is 6.58. The van der Waals surface area contributed by atoms with Crippen LogP contribution in [0.15, 0.2) is 0 Å². The minimum absolute atomic E-state index is 0.350. The number of nitrogens with zero attached hydrogens (tertiary/aromatic N) is 4. The fraction of sp³-hybridized carbons (Fsp3) is 0.900. The van der Waals surface area contributed by atoms with Crippen molar-refractivity contribution in [2.75, 3.05) is 0 Å². The molecule has 0 unspecified atom stereocenters. The molecule has 0 atom stereocenters. The van der Waals surface area contributed by atoms with Crippen LogP contribution < -0.4 is 0 Å². The fourth-order valence-electron chi connectivity index (χ4n) is 3.39. The summed E-state index contributed by atoms with van der Waals surface area (Å²) in [5, 5.41) is 11.8. The van der Waals surface area contributed by atoms with E-state index in [1.54, 1.807) is 0 Å². The highest BCUT2D eigenvalue weighted by Crippen LogP contribution is 2.75. The van der Waals surface area contributed by atoms with Crippen molar-refractivity contribution in [2.24, 2.45) is 18.4 Å². The van der Waals surface area contributed by atoms with Crippen molar-refractivity contribution in [3.05, 3.63) is 5.82 Å². The maximum absolute atomic E-state index is 4.14. The molecule has 3 aliphatic carbocycles. The lowest BCUT2D eigenvalue weighted by molar-refractivity contribution is -0.178. The Balaban J connectivity index is 1.85. The summed E-state index contributed by atoms with van der Waals surface area (Å²) in [6.45, 7) is 4.66. The fourth-order valence-corrected chi connectivity index (χ4v) is 3.39. The number of hydrogen-bond donors (Lipinski definition) is 0. The van der Waals surface area contributed by atoms with Crippen molar-refractivity contribution in [3.8, 4) is 0 Å². The van der Waals surface area contributed by atoms with Crippen LogP contribution in [0.1, 0.15) is 38.9 Å². The van der Waals surface area contributed by atoms with E-state index in [1.165, 1.54) is 19.3 Å². The molecule has 0 spiro atoms. The summed E-state index contributed by atoms with van der Waals surface area (Å²) in [6.07, 6.45) is 3.89. The molecule has 1 aromatic rings. The number of tetrazole rings is 1. The summed E-state index contributed by atoms with van der Waals surface area (Å²) in [4.78, 5) is 0. The first-order valence-electron chi connectivity index (χ1n) is 5.31. The predicted molar refractivity (Wildman–Crippen MR) is 51.6 cm³/mol. The van der Waals surface area contributed by atoms with E-state index < -0.39 is 0 Å². The molecule has 3 aliphatic rings. The van der Waals surface area contributed by atoms with E-state index in [-0.39, 0.29) is 0 Å². The summed E-state index contributed by atoms with van der Waals surface area (Å²) in [5.41, 5.74) is 0.981. The Morgan fingerprint density at radius 2 is 1.93 bits per heavy atom. The van der Waals surface area contributed by atoms with Gasteiger partial charge < -0.3 is 0 Å². The standard InChI is InChI=1S/C10H16N4/c1-7(2)9-4-10(5-9,6-9)8-11-12-13-14(8)3/h7H,4-6H2,1-3H3. The second-order valence-corrected chi connectivity index (χ2v) is 5.45. The van der Waals surface area contributed by atoms with Crippen molar-refractivity contribution in [1.29, 1.82) is 0 Å². The molecule has 3 saturated carbocycles. The highest BCUT2D eigenvalue weighted by atomic mass is 15.5. The van der Waals surface area contributed by atoms with Crippen LogP contribution in [0.2, 0.25) is 0 Å². The molecule has 3 fully saturated rings. The molecule has 1 heterocycles. The zero-order chi connectivity index (χ0) is 9.97. The molecule has 14 heavy (non-hydrogen) atoms. The van der Waals surface area contributed by atoms with Gasteiger partial charge >= 0.3 is 0 Å². The van der Waals surface area contributed by atoms with Gasteiger partial charge in [-0.15, -0.1) is 5.10 Å². The van der Waals surface area contributed by atoms with Crippen LogP contribution in [0.4, 0.5) is 0 Å². The van der Waals surface area contributed by atoms with Crippen LogP contribution >= 0.6 is 0 Å². The summed E-state index contributed by atoms with van der Waals surface area (Å²) in [6, 6.07) is 0. The third-order valence-corrected chi connectivity index (χ3v) is 4.39. The Hall–Kier alpha value is -0.930. The summed E-state index contributed by atoms with van der Waals surface area (Å²) in [7, 11) is 1.94. The molecule has 4 nitrogen and oxygen atoms in total. The van der Waals surface area contributed by atoms with Crippen molar-refractivity contribution < 1.29 is 0 Å². The lowest BCUT2D eigenvalue weighted by atomic mass is 9.32. The second-order valence-electron chi connectivity index (χ2n) is 5.45. The highest BCUT2D eigenvalue weighted by molar-refractivity contribution is 5.30. The summed E-state index contributed by atoms with van der Waals surface area (Å²) < 4.78 is 1.84. The van der Waals surface area contributed by atoms with Crippen molar-refractivity contribution in [3.63, 3.8) is 0 Å². The SMILES string of the molecule is CC(C)C12CC(c3nnnn3C)(C1)C2. The Bertz CT molecular complexity index is 359. The van der Waals surface area contributed by atoms with E-state index in [2.05, 4.69) is 29.4 Å². The van der Waals surface area contributed by atoms with Gasteiger partial charge in [0.15, 0.2) is 5.82 Å². The molecular weight excluding hydrogens is 176 g/mol. The molecule has 76 valence electrons. The third-order valence-electron chi connectivity index (χ3n) is 4.39. The second kappa shape index (κ2) is 2.18. The van der Waals surface area contributed by atoms with Gasteiger partial charge in [-0.25, -0.2) is 4.68 Å². The van der Waals surface area contributed by atoms with Crippen LogP contribution in [0.5, 0.6) is 0 Å². The Morgan fingerprint density at radius 3 is 2.36 bits per heavy atom. The zero-order valence-corrected chi connectivity index (χ0v) is 8.99. The van der Waals surface area contributed by atoms with Gasteiger partial charge in [0.1, 0.15) is 0 Å². The van der Waals surface area contributed by atoms with Gasteiger partial charge in [-0.1, -0.05) is 13.8 Å². The largest absolute Gasteiger partial charge is 0.232 e. The molecule has 4 heteroatoms. The maximum Gasteiger partial charge on any atom is 0.157 e. The van der Waals surface area contributed by atoms with Gasteiger partial charge in [-0.3, -0.25) is 0 Å². The van der Waals surface area contributed by atoms with Gasteiger partial charge in [0.2, 0.25) is 0 Å². The highest BCUT2D eigenvalue weighted by Gasteiger charge is 2.71. The Kier molecular flexibility index (Phi) is 1.30. The lowest BCUT2D eigenvalue weighted by Gasteiger charge is -2.71. The topological polar surface area (TPSA) is 43.6 Å². The molecule has 4 rings (SSSR count). The molecule has 0 N–H and O–H groups in total. The number of rotatable bonds is 2. The van der Waals surface area contributed by atoms with Gasteiger partial charge in [0, 0.05) is 12.5 Å². The predicted octanol–water partition coefficient (Wildman–Crippen LogP) is 1.29. The van der Waals surface area contributed by atoms with Gasteiger partial charge in [0.25, 0.3) is 0 Å². The minimum atomic E-state index is 0.350. The van der Waals surface area contributed by atoms with E-state index in [0.29, 0.717) is 10.8 Å². The lowest BCUT2D eigenvalue weighted by Crippen LogP contribution is -2.67. The van der Waals surface area contributed by atoms with Crippen molar-refractivity contribution >= 4 is 0 Å². The quantitative estimate of drug-likeness (QED) is 0.709. The van der Waals surface area contributed by atoms with Gasteiger partial charge in [0.05, 0.1) is 0 Å². The van der Waals surface area contributed by atoms with Crippen LogP contribution in [0, 0.1) is 11.3 Å². The van der Waals surface area contributed by atoms with E-state index in [4.69, 9.17) is 0 Å². The van der Waals surface area contributed by atoms with E-state index >= 15 is 0 Å². The molecular formula is C10H16N4. The first kappa shape index (κ1) is 8.38. The average Bonchev–Trinajstić information content (AvgIpc) is 2.30. The van der Waals surface area contributed by atoms with E-state index in [9.17, 15) is 0 Å². The third kappa shape index (κ3) is 0.735. The minimum Gasteiger partial charge on any atom is -0.232 e. The average molecular weight is 192 g/mol. The molecule has 0 amide bonds. The summed E-state index contributed by atoms with van der Waals surface area (Å²) >= 11 is 0. The Labute approximate surface area is 83.7 Å². The van der Waals surface area contributed by atoms with Crippen LogP contribution in [-0.4, -0.2) is 20.2 Å². The maximum atomic E-state index is 4.14. The van der Waals surface area contributed by atoms with Crippen LogP contribution in [-0.2, 0) is 12.5 Å². The normalized spacial score (nSPS) is 39.4. The van der Waals surface area contributed by atoms with Gasteiger partial charge in [-0.05, 0) is 41.0 Å². The molecule has 0 aliphatic heterocycles. The molecule has 0 radical (unpaired) electrons. The smallest absolute Gasteiger partial charge is 0.157 e. The van der Waals surface area contributed by atoms with Crippen LogP contribution in [0.25, 0.3) is 0 Å². The molecule has 0 aromatic carbocycles. The molecule has 2 bridgehead atoms. The van der Waals surface area contributed by atoms with E-state index in [1.807, 2.05) is 11.7 Å². The number of hydrogen-bond acceptors (Lipinski definition) is 3. The molecule has 1 aromatic heterocycles. The summed E-state index contributed by atoms with van der Waals surface area (Å²) in [5.74, 6) is 1.91. The van der Waals surface area contributed by atoms with Crippen LogP contribution in [0.3, 0.4) is 0 Å². The zero-order valence-electron chi connectivity index (χ0n) is 8.99. The van der Waals surface area contributed by atoms with Gasteiger partial charge in [-0.2, -0.15) is 0 Å².